The SMILES string of the molecule is COc1ccc(N2C(=O)/C(=C/c3ccc4ncccc4c3)SC2=S)c(OC)c1. The van der Waals surface area contributed by atoms with Gasteiger partial charge in [-0.15, -0.1) is 0 Å². The summed E-state index contributed by atoms with van der Waals surface area (Å²) in [6.45, 7) is 0. The van der Waals surface area contributed by atoms with Crippen molar-refractivity contribution in [1.82, 2.24) is 4.98 Å². The molecule has 0 atom stereocenters. The van der Waals surface area contributed by atoms with Crippen molar-refractivity contribution in [2.75, 3.05) is 19.1 Å². The minimum absolute atomic E-state index is 0.176. The Morgan fingerprint density at radius 3 is 2.75 bits per heavy atom. The molecule has 5 nitrogen and oxygen atoms in total. The highest BCUT2D eigenvalue weighted by molar-refractivity contribution is 8.27. The number of pyridine rings is 1. The van der Waals surface area contributed by atoms with E-state index in [1.807, 2.05) is 36.4 Å². The Kier molecular flexibility index (Phi) is 5.02. The fourth-order valence-corrected chi connectivity index (χ4v) is 4.27. The highest BCUT2D eigenvalue weighted by Crippen LogP contribution is 2.41. The van der Waals surface area contributed by atoms with Crippen molar-refractivity contribution < 1.29 is 14.3 Å². The van der Waals surface area contributed by atoms with Gasteiger partial charge in [0.2, 0.25) is 0 Å². The molecule has 1 aromatic heterocycles. The third-order valence-corrected chi connectivity index (χ3v) is 5.65. The third kappa shape index (κ3) is 3.34. The number of nitrogens with zero attached hydrogens (tertiary/aromatic N) is 2. The molecule has 140 valence electrons. The number of thioether (sulfide) groups is 1. The smallest absolute Gasteiger partial charge is 0.270 e. The Balaban J connectivity index is 1.69. The second kappa shape index (κ2) is 7.61. The van der Waals surface area contributed by atoms with Gasteiger partial charge in [0.05, 0.1) is 30.3 Å². The number of hydrogen-bond donors (Lipinski definition) is 0. The van der Waals surface area contributed by atoms with Gasteiger partial charge in [0.15, 0.2) is 4.32 Å². The number of hydrogen-bond acceptors (Lipinski definition) is 6. The minimum atomic E-state index is -0.176. The summed E-state index contributed by atoms with van der Waals surface area (Å²) in [4.78, 5) is 19.4. The molecule has 1 aliphatic heterocycles. The number of carbonyl (C=O) groups excluding carboxylic acids is 1. The lowest BCUT2D eigenvalue weighted by molar-refractivity contribution is -0.113. The zero-order chi connectivity index (χ0) is 19.7. The van der Waals surface area contributed by atoms with Gasteiger partial charge in [-0.25, -0.2) is 0 Å². The molecule has 0 spiro atoms. The van der Waals surface area contributed by atoms with E-state index in [-0.39, 0.29) is 5.91 Å². The normalized spacial score (nSPS) is 15.5. The van der Waals surface area contributed by atoms with Crippen LogP contribution in [0.5, 0.6) is 11.5 Å². The van der Waals surface area contributed by atoms with E-state index in [1.165, 1.54) is 16.7 Å². The quantitative estimate of drug-likeness (QED) is 0.462. The molecule has 1 aliphatic rings. The number of ether oxygens (including phenoxy) is 2. The van der Waals surface area contributed by atoms with Crippen molar-refractivity contribution in [2.24, 2.45) is 0 Å². The van der Waals surface area contributed by atoms with Gasteiger partial charge in [-0.2, -0.15) is 0 Å². The molecule has 0 radical (unpaired) electrons. The number of anilines is 1. The summed E-state index contributed by atoms with van der Waals surface area (Å²) in [6, 6.07) is 15.0. The molecule has 7 heteroatoms. The van der Waals surface area contributed by atoms with Crippen LogP contribution in [0.25, 0.3) is 17.0 Å². The van der Waals surface area contributed by atoms with Crippen molar-refractivity contribution in [3.8, 4) is 11.5 Å². The Bertz CT molecular complexity index is 1130. The van der Waals surface area contributed by atoms with Gasteiger partial charge >= 0.3 is 0 Å². The largest absolute Gasteiger partial charge is 0.497 e. The monoisotopic (exact) mass is 408 g/mol. The fourth-order valence-electron chi connectivity index (χ4n) is 2.98. The molecule has 0 unspecified atom stereocenters. The second-order valence-electron chi connectivity index (χ2n) is 6.01. The molecule has 0 aliphatic carbocycles. The van der Waals surface area contributed by atoms with Crippen LogP contribution in [-0.2, 0) is 4.79 Å². The molecule has 2 heterocycles. The fraction of sp³-hybridized carbons (Fsp3) is 0.0952. The zero-order valence-corrected chi connectivity index (χ0v) is 16.8. The molecule has 2 aromatic carbocycles. The third-order valence-electron chi connectivity index (χ3n) is 4.35. The predicted molar refractivity (Wildman–Crippen MR) is 117 cm³/mol. The van der Waals surface area contributed by atoms with Crippen LogP contribution in [0.2, 0.25) is 0 Å². The lowest BCUT2D eigenvalue weighted by Gasteiger charge is -2.18. The van der Waals surface area contributed by atoms with Crippen molar-refractivity contribution in [3.05, 3.63) is 65.2 Å². The zero-order valence-electron chi connectivity index (χ0n) is 15.2. The van der Waals surface area contributed by atoms with E-state index >= 15 is 0 Å². The number of amides is 1. The second-order valence-corrected chi connectivity index (χ2v) is 7.69. The summed E-state index contributed by atoms with van der Waals surface area (Å²) in [5.41, 5.74) is 2.43. The molecular weight excluding hydrogens is 392 g/mol. The van der Waals surface area contributed by atoms with E-state index in [2.05, 4.69) is 4.98 Å². The first kappa shape index (κ1) is 18.5. The highest BCUT2D eigenvalue weighted by atomic mass is 32.2. The van der Waals surface area contributed by atoms with Crippen LogP contribution in [0.4, 0.5) is 5.69 Å². The summed E-state index contributed by atoms with van der Waals surface area (Å²) in [7, 11) is 3.13. The van der Waals surface area contributed by atoms with E-state index < -0.39 is 0 Å². The Morgan fingerprint density at radius 2 is 1.96 bits per heavy atom. The van der Waals surface area contributed by atoms with E-state index in [0.29, 0.717) is 26.4 Å². The van der Waals surface area contributed by atoms with Crippen LogP contribution in [0.3, 0.4) is 0 Å². The molecule has 0 saturated carbocycles. The van der Waals surface area contributed by atoms with Gasteiger partial charge in [0.1, 0.15) is 11.5 Å². The molecule has 1 amide bonds. The van der Waals surface area contributed by atoms with Crippen LogP contribution in [0, 0.1) is 0 Å². The molecule has 1 fully saturated rings. The van der Waals surface area contributed by atoms with Gasteiger partial charge < -0.3 is 9.47 Å². The molecule has 0 bridgehead atoms. The first-order valence-electron chi connectivity index (χ1n) is 8.45. The number of rotatable bonds is 4. The first-order valence-corrected chi connectivity index (χ1v) is 9.68. The Hall–Kier alpha value is -2.90. The number of fused-ring (bicyclic) bond motifs is 1. The maximum absolute atomic E-state index is 13.1. The van der Waals surface area contributed by atoms with Crippen LogP contribution in [0.1, 0.15) is 5.56 Å². The van der Waals surface area contributed by atoms with Crippen molar-refractivity contribution in [2.45, 2.75) is 0 Å². The van der Waals surface area contributed by atoms with E-state index in [4.69, 9.17) is 21.7 Å². The topological polar surface area (TPSA) is 51.7 Å². The lowest BCUT2D eigenvalue weighted by Crippen LogP contribution is -2.27. The number of aromatic nitrogens is 1. The van der Waals surface area contributed by atoms with Crippen LogP contribution in [-0.4, -0.2) is 29.4 Å². The van der Waals surface area contributed by atoms with Gasteiger partial charge in [-0.05, 0) is 42.0 Å². The molecule has 4 rings (SSSR count). The standard InChI is InChI=1S/C21H16N2O3S2/c1-25-15-6-8-17(18(12-15)26-2)23-20(24)19(28-21(23)27)11-13-5-7-16-14(10-13)4-3-9-22-16/h3-12H,1-2H3/b19-11-. The van der Waals surface area contributed by atoms with Gasteiger partial charge in [0, 0.05) is 17.6 Å². The van der Waals surface area contributed by atoms with Crippen molar-refractivity contribution in [1.29, 1.82) is 0 Å². The summed E-state index contributed by atoms with van der Waals surface area (Å²) in [5, 5.41) is 1.02. The summed E-state index contributed by atoms with van der Waals surface area (Å²) < 4.78 is 11.1. The Labute approximate surface area is 172 Å². The lowest BCUT2D eigenvalue weighted by atomic mass is 10.1. The van der Waals surface area contributed by atoms with E-state index in [1.54, 1.807) is 38.6 Å². The van der Waals surface area contributed by atoms with Crippen LogP contribution < -0.4 is 14.4 Å². The van der Waals surface area contributed by atoms with E-state index in [0.717, 1.165) is 16.5 Å². The maximum Gasteiger partial charge on any atom is 0.270 e. The number of thiocarbonyl (C=S) groups is 1. The minimum Gasteiger partial charge on any atom is -0.497 e. The molecule has 1 saturated heterocycles. The predicted octanol–water partition coefficient (Wildman–Crippen LogP) is 4.66. The van der Waals surface area contributed by atoms with Crippen molar-refractivity contribution in [3.63, 3.8) is 0 Å². The molecular formula is C21H16N2O3S2. The number of benzene rings is 2. The molecule has 3 aromatic rings. The summed E-state index contributed by atoms with van der Waals surface area (Å²) in [5.74, 6) is 0.991. The van der Waals surface area contributed by atoms with E-state index in [9.17, 15) is 4.79 Å². The van der Waals surface area contributed by atoms with Gasteiger partial charge in [-0.3, -0.25) is 14.7 Å². The molecule has 0 N–H and O–H groups in total. The van der Waals surface area contributed by atoms with Crippen LogP contribution in [0.15, 0.2) is 59.6 Å². The van der Waals surface area contributed by atoms with Gasteiger partial charge in [-0.1, -0.05) is 36.1 Å². The summed E-state index contributed by atoms with van der Waals surface area (Å²) in [6.07, 6.45) is 3.61. The summed E-state index contributed by atoms with van der Waals surface area (Å²) >= 11 is 6.74. The Morgan fingerprint density at radius 1 is 1.11 bits per heavy atom. The molecule has 28 heavy (non-hydrogen) atoms. The maximum atomic E-state index is 13.1. The van der Waals surface area contributed by atoms with Crippen LogP contribution >= 0.6 is 24.0 Å². The average Bonchev–Trinajstić information content (AvgIpc) is 3.00. The van der Waals surface area contributed by atoms with Gasteiger partial charge in [0.25, 0.3) is 5.91 Å². The van der Waals surface area contributed by atoms with Crippen molar-refractivity contribution >= 4 is 56.9 Å². The number of methoxy groups -OCH3 is 2. The highest BCUT2D eigenvalue weighted by Gasteiger charge is 2.35. The first-order chi connectivity index (χ1) is 13.6. The number of carbonyl (C=O) groups is 1. The average molecular weight is 409 g/mol.